The number of carbonyl (C=O) groups is 2. The largest absolute Gasteiger partial charge is 0.497 e. The Hall–Kier alpha value is -2.93. The number of fused-ring (bicyclic) bond motifs is 1. The zero-order valence-corrected chi connectivity index (χ0v) is 17.1. The number of thiazole rings is 1. The lowest BCUT2D eigenvalue weighted by molar-refractivity contribution is -0.126. The van der Waals surface area contributed by atoms with Crippen LogP contribution in [0.25, 0.3) is 10.2 Å². The zero-order chi connectivity index (χ0) is 20.2. The Balaban J connectivity index is 1.27. The molecule has 7 heteroatoms. The van der Waals surface area contributed by atoms with Crippen LogP contribution in [0.4, 0.5) is 5.69 Å². The van der Waals surface area contributed by atoms with Crippen LogP contribution in [0.1, 0.15) is 17.8 Å². The van der Waals surface area contributed by atoms with E-state index in [-0.39, 0.29) is 24.2 Å². The van der Waals surface area contributed by atoms with Gasteiger partial charge in [0, 0.05) is 37.7 Å². The molecule has 1 N–H and O–H groups in total. The summed E-state index contributed by atoms with van der Waals surface area (Å²) in [5.74, 6) is 0.273. The highest BCUT2D eigenvalue weighted by atomic mass is 32.1. The highest BCUT2D eigenvalue weighted by Crippen LogP contribution is 2.28. The maximum absolute atomic E-state index is 12.5. The van der Waals surface area contributed by atoms with Crippen LogP contribution < -0.4 is 15.0 Å². The number of methoxy groups -OCH3 is 1. The van der Waals surface area contributed by atoms with Gasteiger partial charge < -0.3 is 15.0 Å². The average Bonchev–Trinajstić information content (AvgIpc) is 3.34. The van der Waals surface area contributed by atoms with Crippen molar-refractivity contribution in [3.63, 3.8) is 0 Å². The molecule has 1 aliphatic heterocycles. The Labute approximate surface area is 173 Å². The monoisotopic (exact) mass is 409 g/mol. The van der Waals surface area contributed by atoms with Crippen molar-refractivity contribution in [2.24, 2.45) is 5.92 Å². The zero-order valence-electron chi connectivity index (χ0n) is 16.3. The Bertz CT molecular complexity index is 1000. The minimum atomic E-state index is -0.323. The first-order valence-electron chi connectivity index (χ1n) is 9.70. The van der Waals surface area contributed by atoms with Gasteiger partial charge in [0.15, 0.2) is 0 Å². The third kappa shape index (κ3) is 4.40. The van der Waals surface area contributed by atoms with Gasteiger partial charge in [-0.3, -0.25) is 9.59 Å². The summed E-state index contributed by atoms with van der Waals surface area (Å²) < 4.78 is 6.41. The van der Waals surface area contributed by atoms with E-state index in [0.717, 1.165) is 29.1 Å². The summed E-state index contributed by atoms with van der Waals surface area (Å²) in [5, 5.41) is 4.06. The Kier molecular flexibility index (Phi) is 5.76. The van der Waals surface area contributed by atoms with Gasteiger partial charge in [0.2, 0.25) is 11.8 Å². The van der Waals surface area contributed by atoms with Crippen molar-refractivity contribution >= 4 is 39.1 Å². The Morgan fingerprint density at radius 2 is 2.14 bits per heavy atom. The quantitative estimate of drug-likeness (QED) is 0.607. The standard InChI is InChI=1S/C22H23N3O3S/c1-28-17-7-4-6-16(13-17)25-14-15(12-21(25)26)22(27)23-11-5-10-20-24-18-8-2-3-9-19(18)29-20/h2-4,6-9,13,15H,5,10-12,14H2,1H3,(H,23,27). The molecule has 2 aromatic carbocycles. The molecule has 1 aromatic heterocycles. The summed E-state index contributed by atoms with van der Waals surface area (Å²) >= 11 is 1.70. The molecule has 0 spiro atoms. The Morgan fingerprint density at radius 1 is 1.28 bits per heavy atom. The van der Waals surface area contributed by atoms with Crippen LogP contribution >= 0.6 is 11.3 Å². The summed E-state index contributed by atoms with van der Waals surface area (Å²) in [5.41, 5.74) is 1.79. The number of nitrogens with one attached hydrogen (secondary N) is 1. The lowest BCUT2D eigenvalue weighted by atomic mass is 10.1. The van der Waals surface area contributed by atoms with Crippen LogP contribution in [-0.4, -0.2) is 37.0 Å². The van der Waals surface area contributed by atoms with Crippen LogP contribution in [0.2, 0.25) is 0 Å². The molecule has 3 aromatic rings. The number of para-hydroxylation sites is 1. The number of carbonyl (C=O) groups excluding carboxylic acids is 2. The molecule has 2 amide bonds. The Morgan fingerprint density at radius 3 is 2.97 bits per heavy atom. The van der Waals surface area contributed by atoms with Gasteiger partial charge in [-0.25, -0.2) is 4.98 Å². The van der Waals surface area contributed by atoms with Crippen LogP contribution in [0, 0.1) is 5.92 Å². The molecule has 150 valence electrons. The molecule has 4 rings (SSSR count). The first-order valence-corrected chi connectivity index (χ1v) is 10.5. The maximum Gasteiger partial charge on any atom is 0.227 e. The van der Waals surface area contributed by atoms with Crippen LogP contribution in [0.3, 0.4) is 0 Å². The average molecular weight is 410 g/mol. The molecule has 0 aliphatic carbocycles. The third-order valence-corrected chi connectivity index (χ3v) is 6.16. The van der Waals surface area contributed by atoms with Crippen LogP contribution in [-0.2, 0) is 16.0 Å². The van der Waals surface area contributed by atoms with Crippen LogP contribution in [0.15, 0.2) is 48.5 Å². The van der Waals surface area contributed by atoms with Gasteiger partial charge in [-0.2, -0.15) is 0 Å². The molecule has 0 radical (unpaired) electrons. The lowest BCUT2D eigenvalue weighted by Crippen LogP contribution is -2.33. The molecule has 1 atom stereocenters. The second-order valence-electron chi connectivity index (χ2n) is 7.08. The summed E-state index contributed by atoms with van der Waals surface area (Å²) in [4.78, 5) is 31.2. The maximum atomic E-state index is 12.5. The first kappa shape index (κ1) is 19.4. The highest BCUT2D eigenvalue weighted by molar-refractivity contribution is 7.18. The number of ether oxygens (including phenoxy) is 1. The molecule has 1 unspecified atom stereocenters. The van der Waals surface area contributed by atoms with Crippen molar-refractivity contribution in [2.75, 3.05) is 25.1 Å². The first-order chi connectivity index (χ1) is 14.1. The van der Waals surface area contributed by atoms with E-state index >= 15 is 0 Å². The molecule has 1 aliphatic rings. The highest BCUT2D eigenvalue weighted by Gasteiger charge is 2.35. The number of amides is 2. The predicted molar refractivity (Wildman–Crippen MR) is 114 cm³/mol. The van der Waals surface area contributed by atoms with Gasteiger partial charge in [0.1, 0.15) is 5.75 Å². The normalized spacial score (nSPS) is 16.4. The molecule has 1 fully saturated rings. The van der Waals surface area contributed by atoms with Crippen molar-refractivity contribution < 1.29 is 14.3 Å². The van der Waals surface area contributed by atoms with E-state index in [1.54, 1.807) is 23.3 Å². The van der Waals surface area contributed by atoms with Gasteiger partial charge in [-0.1, -0.05) is 18.2 Å². The molecule has 29 heavy (non-hydrogen) atoms. The van der Waals surface area contributed by atoms with Gasteiger partial charge in [-0.05, 0) is 30.7 Å². The van der Waals surface area contributed by atoms with Crippen molar-refractivity contribution in [3.8, 4) is 5.75 Å². The molecule has 6 nitrogen and oxygen atoms in total. The number of aromatic nitrogens is 1. The molecule has 2 heterocycles. The fourth-order valence-corrected chi connectivity index (χ4v) is 4.54. The van der Waals surface area contributed by atoms with Gasteiger partial charge in [0.25, 0.3) is 0 Å². The number of benzene rings is 2. The van der Waals surface area contributed by atoms with E-state index in [1.807, 2.05) is 42.5 Å². The van der Waals surface area contributed by atoms with E-state index in [9.17, 15) is 9.59 Å². The third-order valence-electron chi connectivity index (χ3n) is 5.07. The van der Waals surface area contributed by atoms with E-state index in [0.29, 0.717) is 18.8 Å². The van der Waals surface area contributed by atoms with Gasteiger partial charge >= 0.3 is 0 Å². The molecule has 0 bridgehead atoms. The summed E-state index contributed by atoms with van der Waals surface area (Å²) in [7, 11) is 1.59. The van der Waals surface area contributed by atoms with Crippen LogP contribution in [0.5, 0.6) is 5.75 Å². The SMILES string of the molecule is COc1cccc(N2CC(C(=O)NCCCc3nc4ccccc4s3)CC2=O)c1. The minimum absolute atomic E-state index is 0.0344. The number of rotatable bonds is 7. The summed E-state index contributed by atoms with van der Waals surface area (Å²) in [6, 6.07) is 15.4. The molecule has 0 saturated carbocycles. The van der Waals surface area contributed by atoms with Crippen molar-refractivity contribution in [1.29, 1.82) is 0 Å². The fraction of sp³-hybridized carbons (Fsp3) is 0.318. The summed E-state index contributed by atoms with van der Waals surface area (Å²) in [6.45, 7) is 0.980. The number of anilines is 1. The van der Waals surface area contributed by atoms with E-state index in [4.69, 9.17) is 4.74 Å². The topological polar surface area (TPSA) is 71.5 Å². The van der Waals surface area contributed by atoms with Crippen molar-refractivity contribution in [3.05, 3.63) is 53.5 Å². The van der Waals surface area contributed by atoms with E-state index in [1.165, 1.54) is 4.70 Å². The van der Waals surface area contributed by atoms with Crippen molar-refractivity contribution in [1.82, 2.24) is 10.3 Å². The summed E-state index contributed by atoms with van der Waals surface area (Å²) in [6.07, 6.45) is 1.89. The second-order valence-corrected chi connectivity index (χ2v) is 8.19. The minimum Gasteiger partial charge on any atom is -0.497 e. The van der Waals surface area contributed by atoms with E-state index in [2.05, 4.69) is 16.4 Å². The smallest absolute Gasteiger partial charge is 0.227 e. The molecular weight excluding hydrogens is 386 g/mol. The predicted octanol–water partition coefficient (Wildman–Crippen LogP) is 3.41. The second kappa shape index (κ2) is 8.61. The van der Waals surface area contributed by atoms with Crippen molar-refractivity contribution in [2.45, 2.75) is 19.3 Å². The number of nitrogens with zero attached hydrogens (tertiary/aromatic N) is 2. The number of hydrogen-bond donors (Lipinski definition) is 1. The number of hydrogen-bond acceptors (Lipinski definition) is 5. The molecule has 1 saturated heterocycles. The lowest BCUT2D eigenvalue weighted by Gasteiger charge is -2.17. The fourth-order valence-electron chi connectivity index (χ4n) is 3.53. The van der Waals surface area contributed by atoms with Gasteiger partial charge in [-0.15, -0.1) is 11.3 Å². The number of aryl methyl sites for hydroxylation is 1. The van der Waals surface area contributed by atoms with Gasteiger partial charge in [0.05, 0.1) is 28.3 Å². The van der Waals surface area contributed by atoms with E-state index < -0.39 is 0 Å². The molecular formula is C22H23N3O3S.